The minimum atomic E-state index is 0. The van der Waals surface area contributed by atoms with Gasteiger partial charge in [-0.1, -0.05) is 96.8 Å². The van der Waals surface area contributed by atoms with Gasteiger partial charge in [0.15, 0.2) is 12.4 Å². The SMILES string of the molecule is CCCCCCCCCCCCCCCCCC[n+]1ccc(C)cc1.[Br-]. The number of pyridine rings is 1. The summed E-state index contributed by atoms with van der Waals surface area (Å²) in [7, 11) is 0. The van der Waals surface area contributed by atoms with Crippen molar-refractivity contribution in [2.24, 2.45) is 0 Å². The monoisotopic (exact) mass is 425 g/mol. The van der Waals surface area contributed by atoms with Gasteiger partial charge in [0.25, 0.3) is 0 Å². The first-order chi connectivity index (χ1) is 12.3. The largest absolute Gasteiger partial charge is 1.00 e. The number of hydrogen-bond donors (Lipinski definition) is 0. The standard InChI is InChI=1S/C24H44N.BrH/c1-3-4-5-6-7-8-9-10-11-12-13-14-15-16-17-18-21-25-22-19-24(2)20-23-25;/h19-20,22-23H,3-18,21H2,1-2H3;1H/q+1;/p-1. The molecular formula is C24H44BrN. The Morgan fingerprint density at radius 2 is 0.923 bits per heavy atom. The number of aryl methyl sites for hydroxylation is 2. The molecule has 0 aliphatic heterocycles. The third-order valence-electron chi connectivity index (χ3n) is 5.33. The second kappa shape index (κ2) is 19.4. The maximum atomic E-state index is 2.32. The van der Waals surface area contributed by atoms with Gasteiger partial charge < -0.3 is 17.0 Å². The highest BCUT2D eigenvalue weighted by atomic mass is 79.9. The van der Waals surface area contributed by atoms with Crippen LogP contribution >= 0.6 is 0 Å². The Labute approximate surface area is 174 Å². The lowest BCUT2D eigenvalue weighted by molar-refractivity contribution is -0.697. The van der Waals surface area contributed by atoms with Crippen molar-refractivity contribution >= 4 is 0 Å². The van der Waals surface area contributed by atoms with Crippen LogP contribution in [0.25, 0.3) is 0 Å². The number of unbranched alkanes of at least 4 members (excludes halogenated alkanes) is 15. The third kappa shape index (κ3) is 15.9. The predicted molar refractivity (Wildman–Crippen MR) is 111 cm³/mol. The van der Waals surface area contributed by atoms with E-state index < -0.39 is 0 Å². The maximum absolute atomic E-state index is 2.32. The molecule has 1 nitrogen and oxygen atoms in total. The summed E-state index contributed by atoms with van der Waals surface area (Å²) in [4.78, 5) is 0. The summed E-state index contributed by atoms with van der Waals surface area (Å²) in [5, 5.41) is 0. The van der Waals surface area contributed by atoms with Crippen molar-refractivity contribution in [2.75, 3.05) is 0 Å². The third-order valence-corrected chi connectivity index (χ3v) is 5.33. The molecule has 0 amide bonds. The normalized spacial score (nSPS) is 10.7. The second-order valence-electron chi connectivity index (χ2n) is 7.92. The highest BCUT2D eigenvalue weighted by molar-refractivity contribution is 5.03. The Bertz CT molecular complexity index is 388. The minimum absolute atomic E-state index is 0. The van der Waals surface area contributed by atoms with Crippen molar-refractivity contribution < 1.29 is 21.5 Å². The molecule has 1 aromatic rings. The van der Waals surface area contributed by atoms with Crippen molar-refractivity contribution in [3.05, 3.63) is 30.1 Å². The molecule has 0 bridgehead atoms. The van der Waals surface area contributed by atoms with E-state index in [2.05, 4.69) is 42.9 Å². The average Bonchev–Trinajstić information content (AvgIpc) is 2.63. The molecule has 0 saturated carbocycles. The molecule has 1 aromatic heterocycles. The predicted octanol–water partition coefficient (Wildman–Crippen LogP) is 4.55. The van der Waals surface area contributed by atoms with Crippen molar-refractivity contribution in [3.63, 3.8) is 0 Å². The van der Waals surface area contributed by atoms with Crippen LogP contribution in [0.1, 0.15) is 115 Å². The molecule has 0 spiro atoms. The zero-order valence-corrected chi connectivity index (χ0v) is 19.2. The van der Waals surface area contributed by atoms with E-state index in [4.69, 9.17) is 0 Å². The van der Waals surface area contributed by atoms with Crippen LogP contribution in [0.2, 0.25) is 0 Å². The molecule has 0 radical (unpaired) electrons. The van der Waals surface area contributed by atoms with E-state index in [1.807, 2.05) is 0 Å². The molecule has 0 saturated heterocycles. The molecule has 1 heterocycles. The average molecular weight is 427 g/mol. The Morgan fingerprint density at radius 1 is 0.577 bits per heavy atom. The Morgan fingerprint density at radius 3 is 1.31 bits per heavy atom. The topological polar surface area (TPSA) is 3.88 Å². The van der Waals surface area contributed by atoms with Gasteiger partial charge in [0.2, 0.25) is 0 Å². The van der Waals surface area contributed by atoms with E-state index in [-0.39, 0.29) is 17.0 Å². The van der Waals surface area contributed by atoms with Gasteiger partial charge in [-0.15, -0.1) is 0 Å². The molecule has 0 fully saturated rings. The quantitative estimate of drug-likeness (QED) is 0.254. The highest BCUT2D eigenvalue weighted by Gasteiger charge is 1.99. The molecule has 0 atom stereocenters. The number of hydrogen-bond acceptors (Lipinski definition) is 0. The molecule has 152 valence electrons. The van der Waals surface area contributed by atoms with Crippen LogP contribution in [0, 0.1) is 6.92 Å². The highest BCUT2D eigenvalue weighted by Crippen LogP contribution is 2.13. The van der Waals surface area contributed by atoms with E-state index >= 15 is 0 Å². The van der Waals surface area contributed by atoms with Gasteiger partial charge in [0, 0.05) is 18.6 Å². The van der Waals surface area contributed by atoms with E-state index in [1.165, 1.54) is 115 Å². The van der Waals surface area contributed by atoms with Gasteiger partial charge >= 0.3 is 0 Å². The smallest absolute Gasteiger partial charge is 0.169 e. The molecular weight excluding hydrogens is 382 g/mol. The van der Waals surface area contributed by atoms with Crippen LogP contribution in [0.15, 0.2) is 24.5 Å². The summed E-state index contributed by atoms with van der Waals surface area (Å²) in [6, 6.07) is 4.40. The molecule has 0 unspecified atom stereocenters. The van der Waals surface area contributed by atoms with Crippen molar-refractivity contribution in [1.82, 2.24) is 0 Å². The number of nitrogens with zero attached hydrogens (tertiary/aromatic N) is 1. The first-order valence-corrected chi connectivity index (χ1v) is 11.3. The first kappa shape index (κ1) is 25.6. The van der Waals surface area contributed by atoms with Crippen molar-refractivity contribution in [1.29, 1.82) is 0 Å². The van der Waals surface area contributed by atoms with Crippen LogP contribution in [0.5, 0.6) is 0 Å². The summed E-state index contributed by atoms with van der Waals surface area (Å²) in [5.74, 6) is 0. The minimum Gasteiger partial charge on any atom is -1.00 e. The van der Waals surface area contributed by atoms with Crippen molar-refractivity contribution in [2.45, 2.75) is 123 Å². The molecule has 0 N–H and O–H groups in total. The van der Waals surface area contributed by atoms with E-state index in [0.29, 0.717) is 0 Å². The number of aromatic nitrogens is 1. The van der Waals surface area contributed by atoms with Crippen LogP contribution in [0.3, 0.4) is 0 Å². The van der Waals surface area contributed by atoms with Gasteiger partial charge in [0.05, 0.1) is 0 Å². The summed E-state index contributed by atoms with van der Waals surface area (Å²) >= 11 is 0. The molecule has 26 heavy (non-hydrogen) atoms. The summed E-state index contributed by atoms with van der Waals surface area (Å²) < 4.78 is 2.32. The van der Waals surface area contributed by atoms with Gasteiger partial charge in [-0.3, -0.25) is 0 Å². The molecule has 0 aromatic carbocycles. The molecule has 1 rings (SSSR count). The van der Waals surface area contributed by atoms with Crippen LogP contribution in [0.4, 0.5) is 0 Å². The van der Waals surface area contributed by atoms with Gasteiger partial charge in [-0.2, -0.15) is 0 Å². The zero-order valence-electron chi connectivity index (χ0n) is 17.7. The Hall–Kier alpha value is -0.370. The van der Waals surface area contributed by atoms with Gasteiger partial charge in [-0.25, -0.2) is 4.57 Å². The fraction of sp³-hybridized carbons (Fsp3) is 0.792. The molecule has 0 aliphatic rings. The van der Waals surface area contributed by atoms with E-state index in [9.17, 15) is 0 Å². The molecule has 2 heteroatoms. The van der Waals surface area contributed by atoms with Gasteiger partial charge in [0.1, 0.15) is 6.54 Å². The summed E-state index contributed by atoms with van der Waals surface area (Å²) in [6.45, 7) is 5.63. The van der Waals surface area contributed by atoms with Crippen LogP contribution in [-0.2, 0) is 6.54 Å². The lowest BCUT2D eigenvalue weighted by atomic mass is 10.0. The fourth-order valence-corrected chi connectivity index (χ4v) is 3.52. The lowest BCUT2D eigenvalue weighted by Gasteiger charge is -2.03. The number of halogens is 1. The van der Waals surface area contributed by atoms with E-state index in [1.54, 1.807) is 0 Å². The first-order valence-electron chi connectivity index (χ1n) is 11.3. The molecule has 0 aliphatic carbocycles. The van der Waals surface area contributed by atoms with Crippen LogP contribution in [-0.4, -0.2) is 0 Å². The zero-order chi connectivity index (χ0) is 18.0. The Kier molecular flexibility index (Phi) is 19.1. The summed E-state index contributed by atoms with van der Waals surface area (Å²) in [6.07, 6.45) is 27.5. The van der Waals surface area contributed by atoms with E-state index in [0.717, 1.165) is 0 Å². The van der Waals surface area contributed by atoms with Gasteiger partial charge in [-0.05, 0) is 18.9 Å². The summed E-state index contributed by atoms with van der Waals surface area (Å²) in [5.41, 5.74) is 1.35. The van der Waals surface area contributed by atoms with Crippen molar-refractivity contribution in [3.8, 4) is 0 Å². The fourth-order valence-electron chi connectivity index (χ4n) is 3.52. The second-order valence-corrected chi connectivity index (χ2v) is 7.92. The maximum Gasteiger partial charge on any atom is 0.169 e. The Balaban J connectivity index is 0.00000625. The lowest BCUT2D eigenvalue weighted by Crippen LogP contribution is -3.00. The number of rotatable bonds is 17. The van der Waals surface area contributed by atoms with Crippen LogP contribution < -0.4 is 21.5 Å².